The first-order chi connectivity index (χ1) is 20.8. The summed E-state index contributed by atoms with van der Waals surface area (Å²) in [4.78, 5) is 30.6. The van der Waals surface area contributed by atoms with Gasteiger partial charge in [0.1, 0.15) is 11.9 Å². The molecule has 5 rings (SSSR count). The fraction of sp³-hybridized carbons (Fsp3) is 0.515. The van der Waals surface area contributed by atoms with Gasteiger partial charge >= 0.3 is 17.8 Å². The predicted molar refractivity (Wildman–Crippen MR) is 167 cm³/mol. The van der Waals surface area contributed by atoms with Gasteiger partial charge in [0.05, 0.1) is 17.6 Å². The lowest BCUT2D eigenvalue weighted by atomic mass is 9.99. The molecule has 1 amide bonds. The van der Waals surface area contributed by atoms with Gasteiger partial charge in [-0.15, -0.1) is 5.10 Å². The Hall–Kier alpha value is -3.98. The molecule has 11 nitrogen and oxygen atoms in total. The number of carbonyl (C=O) groups excluding carboxylic acids is 1. The van der Waals surface area contributed by atoms with E-state index in [2.05, 4.69) is 22.9 Å². The van der Waals surface area contributed by atoms with Crippen LogP contribution in [-0.4, -0.2) is 59.1 Å². The third-order valence-electron chi connectivity index (χ3n) is 7.32. The summed E-state index contributed by atoms with van der Waals surface area (Å²) >= 11 is 0. The van der Waals surface area contributed by atoms with Crippen LogP contribution < -0.4 is 9.64 Å². The van der Waals surface area contributed by atoms with Crippen LogP contribution in [0.4, 0.5) is 11.5 Å². The van der Waals surface area contributed by atoms with Crippen LogP contribution in [0.1, 0.15) is 88.8 Å². The SMILES string of the molecule is CC.CC1CC1.CCC(CC(=O)O)Oc1nn(C)c2ccc(N(C(=O)C#CC(O)(O)O)c3cc(C)c(C)cc3C3CC3)nc12. The zero-order valence-electron chi connectivity index (χ0n) is 26.6. The second-order valence-corrected chi connectivity index (χ2v) is 11.2. The monoisotopic (exact) mass is 608 g/mol. The summed E-state index contributed by atoms with van der Waals surface area (Å²) in [6, 6.07) is 7.20. The van der Waals surface area contributed by atoms with Crippen molar-refractivity contribution in [3.8, 4) is 17.7 Å². The number of aliphatic hydroxyl groups is 3. The van der Waals surface area contributed by atoms with E-state index in [0.29, 0.717) is 23.1 Å². The summed E-state index contributed by atoms with van der Waals surface area (Å²) in [6.45, 7) is 12.0. The van der Waals surface area contributed by atoms with Crippen molar-refractivity contribution in [1.82, 2.24) is 14.8 Å². The average molecular weight is 609 g/mol. The first kappa shape index (κ1) is 34.5. The minimum absolute atomic E-state index is 0.124. The van der Waals surface area contributed by atoms with Crippen molar-refractivity contribution >= 4 is 34.4 Å². The zero-order valence-corrected chi connectivity index (χ0v) is 26.6. The van der Waals surface area contributed by atoms with Crippen LogP contribution in [0.5, 0.6) is 5.88 Å². The van der Waals surface area contributed by atoms with Crippen LogP contribution in [0.25, 0.3) is 11.0 Å². The van der Waals surface area contributed by atoms with Gasteiger partial charge in [0.25, 0.3) is 5.88 Å². The van der Waals surface area contributed by atoms with E-state index in [1.54, 1.807) is 36.7 Å². The highest BCUT2D eigenvalue weighted by Crippen LogP contribution is 2.46. The minimum atomic E-state index is -3.34. The number of anilines is 2. The molecule has 0 radical (unpaired) electrons. The van der Waals surface area contributed by atoms with E-state index in [0.717, 1.165) is 35.4 Å². The number of pyridine rings is 1. The van der Waals surface area contributed by atoms with Crippen molar-refractivity contribution in [3.63, 3.8) is 0 Å². The van der Waals surface area contributed by atoms with Crippen LogP contribution in [0.3, 0.4) is 0 Å². The van der Waals surface area contributed by atoms with Gasteiger partial charge in [0, 0.05) is 18.9 Å². The summed E-state index contributed by atoms with van der Waals surface area (Å²) in [5.74, 6) is 0.283. The van der Waals surface area contributed by atoms with Crippen LogP contribution in [-0.2, 0) is 16.6 Å². The Balaban J connectivity index is 0.000000800. The lowest BCUT2D eigenvalue weighted by Crippen LogP contribution is -2.29. The van der Waals surface area contributed by atoms with Crippen LogP contribution in [0.2, 0.25) is 0 Å². The normalized spacial score (nSPS) is 14.7. The van der Waals surface area contributed by atoms with Crippen molar-refractivity contribution in [3.05, 3.63) is 41.0 Å². The molecule has 3 aromatic rings. The van der Waals surface area contributed by atoms with Crippen LogP contribution in [0, 0.1) is 31.6 Å². The molecule has 0 aliphatic heterocycles. The van der Waals surface area contributed by atoms with Crippen molar-refractivity contribution in [2.45, 2.75) is 98.1 Å². The Morgan fingerprint density at radius 1 is 1.11 bits per heavy atom. The van der Waals surface area contributed by atoms with E-state index in [1.807, 2.05) is 39.8 Å². The summed E-state index contributed by atoms with van der Waals surface area (Å²) in [5.41, 5.74) is 4.38. The van der Waals surface area contributed by atoms with Gasteiger partial charge in [-0.2, -0.15) is 0 Å². The van der Waals surface area contributed by atoms with Crippen molar-refractivity contribution in [1.29, 1.82) is 0 Å². The minimum Gasteiger partial charge on any atom is -0.481 e. The second-order valence-electron chi connectivity index (χ2n) is 11.2. The van der Waals surface area contributed by atoms with Crippen LogP contribution in [0.15, 0.2) is 24.3 Å². The van der Waals surface area contributed by atoms with Crippen molar-refractivity contribution < 1.29 is 34.8 Å². The van der Waals surface area contributed by atoms with E-state index >= 15 is 0 Å². The number of fused-ring (bicyclic) bond motifs is 1. The lowest BCUT2D eigenvalue weighted by Gasteiger charge is -2.24. The van der Waals surface area contributed by atoms with Gasteiger partial charge in [-0.1, -0.05) is 46.6 Å². The molecular formula is C33H44N4O7. The molecule has 2 aliphatic carbocycles. The van der Waals surface area contributed by atoms with E-state index < -0.39 is 24.0 Å². The molecule has 2 aliphatic rings. The Morgan fingerprint density at radius 2 is 1.73 bits per heavy atom. The van der Waals surface area contributed by atoms with Gasteiger partial charge in [-0.25, -0.2) is 4.98 Å². The van der Waals surface area contributed by atoms with Crippen molar-refractivity contribution in [2.24, 2.45) is 13.0 Å². The number of carboxylic acids is 1. The Kier molecular flexibility index (Phi) is 11.5. The molecule has 0 bridgehead atoms. The number of aliphatic carboxylic acids is 1. The number of ether oxygens (including phenoxy) is 1. The molecule has 2 saturated carbocycles. The molecule has 0 saturated heterocycles. The third-order valence-corrected chi connectivity index (χ3v) is 7.32. The molecule has 2 heterocycles. The quantitative estimate of drug-likeness (QED) is 0.207. The Morgan fingerprint density at radius 3 is 2.25 bits per heavy atom. The molecule has 11 heteroatoms. The standard InChI is InChI=1S/C27H30N4O7.C4H8.C2H6/c1-5-18(14-24(33)34)38-26-25-20(30(4)29-26)8-9-22(28-25)31(23(32)10-11-27(35,36)37)21-13-16(3)15(2)12-19(21)17-6-7-17;1-4-2-3-4;1-2/h8-9,12-13,17-18,35-37H,5-7,14H2,1-4H3,(H,33,34);4H,2-3H2,1H3;1-2H3. The van der Waals surface area contributed by atoms with E-state index in [4.69, 9.17) is 4.74 Å². The molecule has 2 fully saturated rings. The smallest absolute Gasteiger partial charge is 0.346 e. The third kappa shape index (κ3) is 9.26. The van der Waals surface area contributed by atoms with Gasteiger partial charge < -0.3 is 25.2 Å². The number of hydrogen-bond acceptors (Lipinski definition) is 8. The molecule has 44 heavy (non-hydrogen) atoms. The van der Waals surface area contributed by atoms with Gasteiger partial charge in [-0.3, -0.25) is 19.2 Å². The molecule has 1 aromatic carbocycles. The summed E-state index contributed by atoms with van der Waals surface area (Å²) in [6.07, 6.45) is 4.49. The number of hydrogen-bond donors (Lipinski definition) is 4. The second kappa shape index (κ2) is 14.7. The fourth-order valence-corrected chi connectivity index (χ4v) is 4.36. The first-order valence-electron chi connectivity index (χ1n) is 15.1. The number of benzene rings is 1. The average Bonchev–Trinajstić information content (AvgIpc) is 3.91. The highest BCUT2D eigenvalue weighted by Gasteiger charge is 2.32. The molecule has 1 unspecified atom stereocenters. The summed E-state index contributed by atoms with van der Waals surface area (Å²) in [7, 11) is 1.70. The van der Waals surface area contributed by atoms with Crippen LogP contribution >= 0.6 is 0 Å². The molecule has 0 spiro atoms. The van der Waals surface area contributed by atoms with E-state index in [1.165, 1.54) is 17.7 Å². The van der Waals surface area contributed by atoms with Crippen molar-refractivity contribution in [2.75, 3.05) is 4.90 Å². The number of carboxylic acid groups (broad SMARTS) is 1. The Bertz CT molecular complexity index is 1540. The highest BCUT2D eigenvalue weighted by atomic mass is 16.7. The maximum Gasteiger partial charge on any atom is 0.346 e. The highest BCUT2D eigenvalue weighted by molar-refractivity contribution is 6.11. The lowest BCUT2D eigenvalue weighted by molar-refractivity contribution is -0.265. The van der Waals surface area contributed by atoms with Gasteiger partial charge in [0.2, 0.25) is 0 Å². The number of carbonyl (C=O) groups is 2. The number of aromatic nitrogens is 3. The Labute approximate surface area is 258 Å². The van der Waals surface area contributed by atoms with E-state index in [9.17, 15) is 30.0 Å². The largest absolute Gasteiger partial charge is 0.481 e. The molecule has 2 aromatic heterocycles. The number of amides is 1. The maximum atomic E-state index is 13.4. The molecule has 1 atom stereocenters. The predicted octanol–water partition coefficient (Wildman–Crippen LogP) is 4.84. The molecule has 238 valence electrons. The zero-order chi connectivity index (χ0) is 32.8. The molecular weight excluding hydrogens is 564 g/mol. The summed E-state index contributed by atoms with van der Waals surface area (Å²) in [5, 5.41) is 41.3. The van der Waals surface area contributed by atoms with Gasteiger partial charge in [-0.05, 0) is 79.8 Å². The molecule has 4 N–H and O–H groups in total. The topological polar surface area (TPSA) is 158 Å². The number of rotatable bonds is 8. The summed E-state index contributed by atoms with van der Waals surface area (Å²) < 4.78 is 7.45. The number of aryl methyl sites for hydroxylation is 3. The maximum absolute atomic E-state index is 13.4. The van der Waals surface area contributed by atoms with E-state index in [-0.39, 0.29) is 24.0 Å². The van der Waals surface area contributed by atoms with Gasteiger partial charge in [0.15, 0.2) is 5.52 Å². The number of nitrogens with zero attached hydrogens (tertiary/aromatic N) is 4. The first-order valence-corrected chi connectivity index (χ1v) is 15.1. The fourth-order valence-electron chi connectivity index (χ4n) is 4.36.